The van der Waals surface area contributed by atoms with Crippen LogP contribution >= 0.6 is 0 Å². The van der Waals surface area contributed by atoms with Gasteiger partial charge in [0.05, 0.1) is 18.2 Å². The Hall–Kier alpha value is -4.52. The Morgan fingerprint density at radius 2 is 1.68 bits per heavy atom. The van der Waals surface area contributed by atoms with Crippen LogP contribution in [-0.2, 0) is 9.59 Å². The van der Waals surface area contributed by atoms with Crippen LogP contribution in [0, 0.1) is 11.6 Å². The first-order chi connectivity index (χ1) is 17.9. The maximum absolute atomic E-state index is 14.2. The molecule has 4 aromatic carbocycles. The van der Waals surface area contributed by atoms with Gasteiger partial charge in [-0.2, -0.15) is 0 Å². The summed E-state index contributed by atoms with van der Waals surface area (Å²) in [7, 11) is 0. The summed E-state index contributed by atoms with van der Waals surface area (Å²) in [5, 5.41) is 13.0. The summed E-state index contributed by atoms with van der Waals surface area (Å²) >= 11 is 0. The molecule has 0 spiro atoms. The molecule has 0 bridgehead atoms. The van der Waals surface area contributed by atoms with E-state index in [4.69, 9.17) is 4.74 Å². The van der Waals surface area contributed by atoms with Crippen LogP contribution in [0.25, 0.3) is 16.5 Å². The van der Waals surface area contributed by atoms with Crippen molar-refractivity contribution in [2.24, 2.45) is 0 Å². The largest absolute Gasteiger partial charge is 0.507 e. The highest BCUT2D eigenvalue weighted by Gasteiger charge is 2.47. The third kappa shape index (κ3) is 4.33. The number of benzene rings is 4. The SMILES string of the molecule is CCCOc1cccc(/C(O)=C2/C(=O)C(=O)N(c3ccc(F)c(F)c3)C2c2cccc3ccccc23)c1. The van der Waals surface area contributed by atoms with Gasteiger partial charge in [0.1, 0.15) is 11.5 Å². The van der Waals surface area contributed by atoms with E-state index in [-0.39, 0.29) is 17.0 Å². The summed E-state index contributed by atoms with van der Waals surface area (Å²) in [5.74, 6) is -4.00. The van der Waals surface area contributed by atoms with Gasteiger partial charge in [0.25, 0.3) is 11.7 Å². The average molecular weight is 500 g/mol. The van der Waals surface area contributed by atoms with E-state index >= 15 is 0 Å². The van der Waals surface area contributed by atoms with Gasteiger partial charge in [-0.05, 0) is 47.0 Å². The Balaban J connectivity index is 1.75. The fraction of sp³-hybridized carbons (Fsp3) is 0.133. The topological polar surface area (TPSA) is 66.8 Å². The maximum Gasteiger partial charge on any atom is 0.300 e. The van der Waals surface area contributed by atoms with E-state index in [1.54, 1.807) is 36.4 Å². The maximum atomic E-state index is 14.2. The number of carbonyl (C=O) groups excluding carboxylic acids is 2. The molecule has 0 aromatic heterocycles. The van der Waals surface area contributed by atoms with E-state index < -0.39 is 29.4 Å². The molecule has 37 heavy (non-hydrogen) atoms. The van der Waals surface area contributed by atoms with E-state index in [1.165, 1.54) is 6.07 Å². The summed E-state index contributed by atoms with van der Waals surface area (Å²) < 4.78 is 33.6. The lowest BCUT2D eigenvalue weighted by Crippen LogP contribution is -2.29. The van der Waals surface area contributed by atoms with E-state index in [0.717, 1.165) is 34.2 Å². The highest BCUT2D eigenvalue weighted by molar-refractivity contribution is 6.51. The number of rotatable bonds is 6. The lowest BCUT2D eigenvalue weighted by molar-refractivity contribution is -0.132. The number of carbonyl (C=O) groups is 2. The molecule has 1 unspecified atom stereocenters. The molecular formula is C30H23F2NO4. The monoisotopic (exact) mass is 499 g/mol. The lowest BCUT2D eigenvalue weighted by Gasteiger charge is -2.26. The van der Waals surface area contributed by atoms with Crippen LogP contribution in [0.4, 0.5) is 14.5 Å². The predicted octanol–water partition coefficient (Wildman–Crippen LogP) is 6.53. The van der Waals surface area contributed by atoms with Crippen LogP contribution in [0.2, 0.25) is 0 Å². The average Bonchev–Trinajstić information content (AvgIpc) is 3.18. The minimum Gasteiger partial charge on any atom is -0.507 e. The Labute approximate surface area is 212 Å². The first kappa shape index (κ1) is 24.2. The Morgan fingerprint density at radius 1 is 0.919 bits per heavy atom. The van der Waals surface area contributed by atoms with Gasteiger partial charge in [-0.25, -0.2) is 8.78 Å². The van der Waals surface area contributed by atoms with Crippen LogP contribution in [0.15, 0.2) is 90.5 Å². The number of hydrogen-bond acceptors (Lipinski definition) is 4. The van der Waals surface area contributed by atoms with Crippen LogP contribution in [0.3, 0.4) is 0 Å². The number of fused-ring (bicyclic) bond motifs is 1. The number of Topliss-reactive ketones (excluding diaryl/α,β-unsaturated/α-hetero) is 1. The Morgan fingerprint density at radius 3 is 2.46 bits per heavy atom. The van der Waals surface area contributed by atoms with E-state index in [1.807, 2.05) is 37.3 Å². The van der Waals surface area contributed by atoms with E-state index in [9.17, 15) is 23.5 Å². The summed E-state index contributed by atoms with van der Waals surface area (Å²) in [5.41, 5.74) is 0.695. The molecule has 5 nitrogen and oxygen atoms in total. The zero-order valence-electron chi connectivity index (χ0n) is 19.9. The van der Waals surface area contributed by atoms with Crippen molar-refractivity contribution >= 4 is 33.9 Å². The number of aliphatic hydroxyl groups is 1. The predicted molar refractivity (Wildman–Crippen MR) is 137 cm³/mol. The van der Waals surface area contributed by atoms with Gasteiger partial charge >= 0.3 is 0 Å². The zero-order chi connectivity index (χ0) is 26.1. The van der Waals surface area contributed by atoms with Crippen molar-refractivity contribution in [3.05, 3.63) is 113 Å². The summed E-state index contributed by atoms with van der Waals surface area (Å²) in [6.07, 6.45) is 0.788. The second kappa shape index (κ2) is 9.85. The van der Waals surface area contributed by atoms with Crippen molar-refractivity contribution in [2.45, 2.75) is 19.4 Å². The lowest BCUT2D eigenvalue weighted by atomic mass is 9.91. The second-order valence-electron chi connectivity index (χ2n) is 8.71. The molecule has 1 aliphatic rings. The van der Waals surface area contributed by atoms with Gasteiger partial charge < -0.3 is 9.84 Å². The first-order valence-electron chi connectivity index (χ1n) is 11.9. The molecule has 0 saturated carbocycles. The zero-order valence-corrected chi connectivity index (χ0v) is 19.9. The molecule has 0 aliphatic carbocycles. The standard InChI is InChI=1S/C30H23F2NO4/c1-2-15-37-21-10-5-9-19(16-21)28(34)26-27(23-12-6-8-18-7-3-4-11-22(18)23)33(30(36)29(26)35)20-13-14-24(31)25(32)17-20/h3-14,16-17,27,34H,2,15H2,1H3/b28-26-. The molecule has 186 valence electrons. The van der Waals surface area contributed by atoms with Crippen molar-refractivity contribution in [3.63, 3.8) is 0 Å². The highest BCUT2D eigenvalue weighted by Crippen LogP contribution is 2.44. The van der Waals surface area contributed by atoms with Crippen molar-refractivity contribution in [1.29, 1.82) is 0 Å². The van der Waals surface area contributed by atoms with Gasteiger partial charge in [0.2, 0.25) is 0 Å². The molecule has 0 radical (unpaired) electrons. The number of anilines is 1. The number of ketones is 1. The smallest absolute Gasteiger partial charge is 0.300 e. The highest BCUT2D eigenvalue weighted by atomic mass is 19.2. The molecule has 1 atom stereocenters. The third-order valence-electron chi connectivity index (χ3n) is 6.32. The third-order valence-corrected chi connectivity index (χ3v) is 6.32. The molecule has 1 fully saturated rings. The van der Waals surface area contributed by atoms with Crippen molar-refractivity contribution in [3.8, 4) is 5.75 Å². The van der Waals surface area contributed by atoms with Gasteiger partial charge in [-0.1, -0.05) is 61.5 Å². The quantitative estimate of drug-likeness (QED) is 0.186. The Kier molecular flexibility index (Phi) is 6.44. The fourth-order valence-corrected chi connectivity index (χ4v) is 4.63. The normalized spacial score (nSPS) is 16.9. The molecular weight excluding hydrogens is 476 g/mol. The number of hydrogen-bond donors (Lipinski definition) is 1. The number of nitrogens with zero attached hydrogens (tertiary/aromatic N) is 1. The second-order valence-corrected chi connectivity index (χ2v) is 8.71. The molecule has 5 rings (SSSR count). The molecule has 7 heteroatoms. The van der Waals surface area contributed by atoms with Gasteiger partial charge in [-0.3, -0.25) is 14.5 Å². The van der Waals surface area contributed by atoms with Crippen LogP contribution in [-0.4, -0.2) is 23.4 Å². The van der Waals surface area contributed by atoms with Gasteiger partial charge in [0, 0.05) is 17.3 Å². The molecule has 1 saturated heterocycles. The molecule has 1 amide bonds. The first-order valence-corrected chi connectivity index (χ1v) is 11.9. The molecule has 4 aromatic rings. The fourth-order valence-electron chi connectivity index (χ4n) is 4.63. The molecule has 1 heterocycles. The molecule has 1 aliphatic heterocycles. The minimum absolute atomic E-state index is 0.00184. The van der Waals surface area contributed by atoms with E-state index in [0.29, 0.717) is 23.5 Å². The number of aliphatic hydroxyl groups excluding tert-OH is 1. The van der Waals surface area contributed by atoms with Gasteiger partial charge in [0.15, 0.2) is 11.6 Å². The van der Waals surface area contributed by atoms with Crippen molar-refractivity contribution < 1.29 is 28.2 Å². The number of halogens is 2. The van der Waals surface area contributed by atoms with Gasteiger partial charge in [-0.15, -0.1) is 0 Å². The van der Waals surface area contributed by atoms with Crippen LogP contribution in [0.5, 0.6) is 5.75 Å². The summed E-state index contributed by atoms with van der Waals surface area (Å²) in [6, 6.07) is 21.4. The van der Waals surface area contributed by atoms with Crippen molar-refractivity contribution in [1.82, 2.24) is 0 Å². The minimum atomic E-state index is -1.16. The van der Waals surface area contributed by atoms with Crippen molar-refractivity contribution in [2.75, 3.05) is 11.5 Å². The summed E-state index contributed by atoms with van der Waals surface area (Å²) in [4.78, 5) is 27.9. The number of amides is 1. The number of ether oxygens (including phenoxy) is 1. The molecule has 1 N–H and O–H groups in total. The summed E-state index contributed by atoms with van der Waals surface area (Å²) in [6.45, 7) is 2.44. The van der Waals surface area contributed by atoms with Crippen LogP contribution in [0.1, 0.15) is 30.5 Å². The van der Waals surface area contributed by atoms with E-state index in [2.05, 4.69) is 0 Å². The van der Waals surface area contributed by atoms with Crippen LogP contribution < -0.4 is 9.64 Å². The Bertz CT molecular complexity index is 1560.